The maximum Gasteiger partial charge on any atom is 0.241 e. The summed E-state index contributed by atoms with van der Waals surface area (Å²) in [6.45, 7) is 1.89. The Morgan fingerprint density at radius 2 is 1.31 bits per heavy atom. The Balaban J connectivity index is 1.44. The van der Waals surface area contributed by atoms with E-state index in [0.717, 1.165) is 11.3 Å². The molecule has 0 aliphatic rings. The van der Waals surface area contributed by atoms with Gasteiger partial charge in [0.15, 0.2) is 0 Å². The van der Waals surface area contributed by atoms with Gasteiger partial charge in [0.2, 0.25) is 15.9 Å². The second kappa shape index (κ2) is 11.5. The fraction of sp³-hybridized carbons (Fsp3) is 0.107. The molecule has 0 aliphatic carbocycles. The summed E-state index contributed by atoms with van der Waals surface area (Å²) >= 11 is 0. The van der Waals surface area contributed by atoms with E-state index in [1.54, 1.807) is 60.7 Å². The summed E-state index contributed by atoms with van der Waals surface area (Å²) in [7, 11) is -3.83. The van der Waals surface area contributed by atoms with Crippen molar-refractivity contribution in [3.63, 3.8) is 0 Å². The molecule has 36 heavy (non-hydrogen) atoms. The van der Waals surface area contributed by atoms with Crippen molar-refractivity contribution >= 4 is 33.0 Å². The van der Waals surface area contributed by atoms with E-state index in [9.17, 15) is 13.2 Å². The molecule has 0 fully saturated rings. The second-order valence-electron chi connectivity index (χ2n) is 8.23. The second-order valence-corrected chi connectivity index (χ2v) is 9.95. The van der Waals surface area contributed by atoms with E-state index in [-0.39, 0.29) is 17.2 Å². The summed E-state index contributed by atoms with van der Waals surface area (Å²) in [6.07, 6.45) is -0.0788. The number of hydrogen-bond acceptors (Lipinski definition) is 5. The fourth-order valence-corrected chi connectivity index (χ4v) is 4.73. The van der Waals surface area contributed by atoms with Crippen molar-refractivity contribution in [1.29, 1.82) is 0 Å². The van der Waals surface area contributed by atoms with Crippen molar-refractivity contribution in [2.24, 2.45) is 10.2 Å². The molecule has 0 bridgehead atoms. The smallest absolute Gasteiger partial charge is 0.241 e. The van der Waals surface area contributed by atoms with Gasteiger partial charge in [-0.3, -0.25) is 4.79 Å². The minimum absolute atomic E-state index is 0.0788. The topological polar surface area (TPSA) is 100.0 Å². The molecule has 0 saturated heterocycles. The van der Waals surface area contributed by atoms with Gasteiger partial charge in [0.1, 0.15) is 0 Å². The molecule has 4 aromatic rings. The molecular weight excluding hydrogens is 472 g/mol. The average molecular weight is 499 g/mol. The molecular formula is C28H26N4O3S. The van der Waals surface area contributed by atoms with E-state index >= 15 is 0 Å². The number of benzene rings is 4. The van der Waals surface area contributed by atoms with Gasteiger partial charge in [-0.05, 0) is 61.0 Å². The van der Waals surface area contributed by atoms with Crippen molar-refractivity contribution < 1.29 is 13.2 Å². The average Bonchev–Trinajstić information content (AvgIpc) is 2.89. The minimum atomic E-state index is -3.83. The summed E-state index contributed by atoms with van der Waals surface area (Å²) in [6, 6.07) is 31.2. The van der Waals surface area contributed by atoms with Crippen LogP contribution >= 0.6 is 0 Å². The Bertz CT molecular complexity index is 1420. The molecule has 2 N–H and O–H groups in total. The standard InChI is InChI=1S/C28H26N4O3S/c1-21-12-18-26(19-13-21)36(34,35)32-27(22-8-4-2-5-9-22)20-28(33)29-23-14-16-25(17-15-23)31-30-24-10-6-3-7-11-24/h2-19,27,32H,20H2,1H3,(H,29,33)/t27-/m1/s1. The number of carbonyl (C=O) groups is 1. The Kier molecular flexibility index (Phi) is 7.99. The van der Waals surface area contributed by atoms with Crippen molar-refractivity contribution in [1.82, 2.24) is 4.72 Å². The molecule has 0 radical (unpaired) electrons. The Morgan fingerprint density at radius 3 is 1.92 bits per heavy atom. The van der Waals surface area contributed by atoms with Crippen LogP contribution in [-0.2, 0) is 14.8 Å². The van der Waals surface area contributed by atoms with E-state index in [1.165, 1.54) is 0 Å². The highest BCUT2D eigenvalue weighted by atomic mass is 32.2. The Morgan fingerprint density at radius 1 is 0.750 bits per heavy atom. The van der Waals surface area contributed by atoms with Crippen LogP contribution in [0.4, 0.5) is 17.1 Å². The number of nitrogens with zero attached hydrogens (tertiary/aromatic N) is 2. The van der Waals surface area contributed by atoms with Gasteiger partial charge in [0, 0.05) is 12.1 Å². The number of sulfonamides is 1. The van der Waals surface area contributed by atoms with Gasteiger partial charge in [0.25, 0.3) is 0 Å². The van der Waals surface area contributed by atoms with Crippen LogP contribution in [0.15, 0.2) is 124 Å². The van der Waals surface area contributed by atoms with E-state index in [0.29, 0.717) is 16.9 Å². The maximum atomic E-state index is 13.0. The summed E-state index contributed by atoms with van der Waals surface area (Å²) in [5.41, 5.74) is 3.62. The third-order valence-corrected chi connectivity index (χ3v) is 6.90. The van der Waals surface area contributed by atoms with Crippen LogP contribution in [0.3, 0.4) is 0 Å². The van der Waals surface area contributed by atoms with Crippen LogP contribution in [0.2, 0.25) is 0 Å². The first kappa shape index (κ1) is 25.0. The quantitative estimate of drug-likeness (QED) is 0.259. The summed E-state index contributed by atoms with van der Waals surface area (Å²) in [4.78, 5) is 13.0. The zero-order chi connectivity index (χ0) is 25.4. The summed E-state index contributed by atoms with van der Waals surface area (Å²) in [5.74, 6) is -0.325. The molecule has 0 unspecified atom stereocenters. The molecule has 0 saturated carbocycles. The van der Waals surface area contributed by atoms with Gasteiger partial charge in [-0.1, -0.05) is 66.2 Å². The zero-order valence-electron chi connectivity index (χ0n) is 19.7. The first-order valence-electron chi connectivity index (χ1n) is 11.4. The lowest BCUT2D eigenvalue weighted by Crippen LogP contribution is -2.31. The molecule has 1 atom stereocenters. The molecule has 4 rings (SSSR count). The lowest BCUT2D eigenvalue weighted by molar-refractivity contribution is -0.116. The van der Waals surface area contributed by atoms with Crippen LogP contribution < -0.4 is 10.0 Å². The number of rotatable bonds is 9. The highest BCUT2D eigenvalue weighted by molar-refractivity contribution is 7.89. The fourth-order valence-electron chi connectivity index (χ4n) is 3.50. The Labute approximate surface area is 211 Å². The van der Waals surface area contributed by atoms with E-state index in [1.807, 2.05) is 55.5 Å². The van der Waals surface area contributed by atoms with Gasteiger partial charge in [-0.2, -0.15) is 10.2 Å². The molecule has 0 aliphatic heterocycles. The molecule has 4 aromatic carbocycles. The maximum absolute atomic E-state index is 13.0. The number of aryl methyl sites for hydroxylation is 1. The van der Waals surface area contributed by atoms with E-state index < -0.39 is 16.1 Å². The summed E-state index contributed by atoms with van der Waals surface area (Å²) in [5, 5.41) is 11.2. The number of hydrogen-bond donors (Lipinski definition) is 2. The summed E-state index contributed by atoms with van der Waals surface area (Å²) < 4.78 is 28.7. The third-order valence-electron chi connectivity index (χ3n) is 5.41. The molecule has 8 heteroatoms. The molecule has 182 valence electrons. The van der Waals surface area contributed by atoms with Gasteiger partial charge in [0.05, 0.1) is 22.3 Å². The molecule has 7 nitrogen and oxygen atoms in total. The monoisotopic (exact) mass is 498 g/mol. The zero-order valence-corrected chi connectivity index (χ0v) is 20.5. The van der Waals surface area contributed by atoms with Gasteiger partial charge in [-0.25, -0.2) is 13.1 Å². The first-order chi connectivity index (χ1) is 17.4. The lowest BCUT2D eigenvalue weighted by atomic mass is 10.0. The van der Waals surface area contributed by atoms with Crippen LogP contribution in [0.1, 0.15) is 23.6 Å². The minimum Gasteiger partial charge on any atom is -0.326 e. The van der Waals surface area contributed by atoms with Gasteiger partial charge in [-0.15, -0.1) is 0 Å². The van der Waals surface area contributed by atoms with Crippen LogP contribution in [0.5, 0.6) is 0 Å². The molecule has 1 amide bonds. The number of anilines is 1. The third kappa shape index (κ3) is 6.94. The van der Waals surface area contributed by atoms with E-state index in [2.05, 4.69) is 20.3 Å². The highest BCUT2D eigenvalue weighted by Crippen LogP contribution is 2.23. The van der Waals surface area contributed by atoms with Crippen molar-refractivity contribution in [3.05, 3.63) is 120 Å². The number of amides is 1. The van der Waals surface area contributed by atoms with Crippen molar-refractivity contribution in [2.45, 2.75) is 24.3 Å². The molecule has 0 aromatic heterocycles. The largest absolute Gasteiger partial charge is 0.326 e. The SMILES string of the molecule is Cc1ccc(S(=O)(=O)N[C@H](CC(=O)Nc2ccc(N=Nc3ccccc3)cc2)c2ccccc2)cc1. The van der Waals surface area contributed by atoms with Crippen LogP contribution in [-0.4, -0.2) is 14.3 Å². The number of nitrogens with one attached hydrogen (secondary N) is 2. The van der Waals surface area contributed by atoms with Crippen molar-refractivity contribution in [2.75, 3.05) is 5.32 Å². The molecule has 0 spiro atoms. The Hall–Kier alpha value is -4.14. The molecule has 0 heterocycles. The first-order valence-corrected chi connectivity index (χ1v) is 12.9. The number of carbonyl (C=O) groups excluding carboxylic acids is 1. The normalized spacial score (nSPS) is 12.4. The van der Waals surface area contributed by atoms with E-state index in [4.69, 9.17) is 0 Å². The van der Waals surface area contributed by atoms with Crippen LogP contribution in [0, 0.1) is 6.92 Å². The highest BCUT2D eigenvalue weighted by Gasteiger charge is 2.23. The van der Waals surface area contributed by atoms with Gasteiger partial charge < -0.3 is 5.32 Å². The number of azo groups is 1. The predicted molar refractivity (Wildman–Crippen MR) is 141 cm³/mol. The van der Waals surface area contributed by atoms with Gasteiger partial charge >= 0.3 is 0 Å². The van der Waals surface area contributed by atoms with Crippen LogP contribution in [0.25, 0.3) is 0 Å². The lowest BCUT2D eigenvalue weighted by Gasteiger charge is -2.19. The predicted octanol–water partition coefficient (Wildman–Crippen LogP) is 6.46. The van der Waals surface area contributed by atoms with Crippen molar-refractivity contribution in [3.8, 4) is 0 Å².